The average Bonchev–Trinajstić information content (AvgIpc) is 1.88. The fraction of sp³-hybridized carbons (Fsp3) is 0. The molecule has 1 rings (SSSR count). The maximum Gasteiger partial charge on any atom is 0.283 e. The summed E-state index contributed by atoms with van der Waals surface area (Å²) in [4.78, 5) is 6.51. The zero-order chi connectivity index (χ0) is 8.74. The van der Waals surface area contributed by atoms with E-state index in [1.807, 2.05) is 12.3 Å². The molecule has 6 nitrogen and oxygen atoms in total. The minimum Gasteiger partial charge on any atom is -0.726 e. The summed E-state index contributed by atoms with van der Waals surface area (Å²) in [6, 6.07) is 1.83. The van der Waals surface area contributed by atoms with Gasteiger partial charge in [0.1, 0.15) is 6.20 Å². The molecule has 0 radical (unpaired) electrons. The van der Waals surface area contributed by atoms with Gasteiger partial charge in [0.05, 0.1) is 6.20 Å². The minimum absolute atomic E-state index is 1.62. The summed E-state index contributed by atoms with van der Waals surface area (Å²) in [6.07, 6.45) is 5.16. The summed E-state index contributed by atoms with van der Waals surface area (Å²) >= 11 is 0. The van der Waals surface area contributed by atoms with E-state index in [1.54, 1.807) is 12.5 Å². The third-order valence-corrected chi connectivity index (χ3v) is 0.514. The molecule has 0 aliphatic rings. The van der Waals surface area contributed by atoms with Gasteiger partial charge in [-0.3, -0.25) is 9.54 Å². The number of rotatable bonds is 0. The molecule has 11 heavy (non-hydrogen) atoms. The van der Waals surface area contributed by atoms with Gasteiger partial charge in [0.2, 0.25) is 10.4 Å². The highest BCUT2D eigenvalue weighted by atomic mass is 32.3. The van der Waals surface area contributed by atoms with Gasteiger partial charge in [-0.05, 0) is 0 Å². The molecule has 2 N–H and O–H groups in total. The van der Waals surface area contributed by atoms with E-state index in [-0.39, 0.29) is 0 Å². The number of H-pyrrole nitrogens is 1. The van der Waals surface area contributed by atoms with E-state index in [1.165, 1.54) is 0 Å². The molecule has 62 valence electrons. The Hall–Kier alpha value is -1.05. The van der Waals surface area contributed by atoms with E-state index in [0.717, 1.165) is 0 Å². The Morgan fingerprint density at radius 1 is 1.55 bits per heavy atom. The predicted octanol–water partition coefficient (Wildman–Crippen LogP) is -1.10. The maximum atomic E-state index is 8.63. The molecule has 0 atom stereocenters. The highest BCUT2D eigenvalue weighted by molar-refractivity contribution is 7.79. The molecule has 0 aromatic carbocycles. The van der Waals surface area contributed by atoms with Crippen LogP contribution in [-0.2, 0) is 10.4 Å². The summed E-state index contributed by atoms with van der Waals surface area (Å²) in [5, 5.41) is 0. The van der Waals surface area contributed by atoms with Gasteiger partial charge in [-0.2, -0.15) is 0 Å². The molecule has 0 spiro atoms. The van der Waals surface area contributed by atoms with Crippen LogP contribution in [0.5, 0.6) is 0 Å². The monoisotopic (exact) mass is 178 g/mol. The smallest absolute Gasteiger partial charge is 0.283 e. The Labute approximate surface area is 63.5 Å². The number of hydrogen-bond donors (Lipinski definition) is 1. The Bertz CT molecular complexity index is 237. The topological polar surface area (TPSA) is 104 Å². The van der Waals surface area contributed by atoms with E-state index in [0.29, 0.717) is 0 Å². The van der Waals surface area contributed by atoms with Crippen molar-refractivity contribution >= 4 is 10.4 Å². The summed E-state index contributed by atoms with van der Waals surface area (Å²) < 4.78 is 32.8. The van der Waals surface area contributed by atoms with Crippen molar-refractivity contribution in [2.24, 2.45) is 0 Å². The molecule has 0 bridgehead atoms. The highest BCUT2D eigenvalue weighted by Crippen LogP contribution is 1.60. The summed E-state index contributed by atoms with van der Waals surface area (Å²) in [7, 11) is -4.92. The molecule has 0 aliphatic carbocycles. The standard InChI is InChI=1S/C4H4N2.H2O4S/c1-2-5-4-6-3-1;1-5(2,3)4/h1-4H;(H2,1,2,3,4). The molecule has 0 aliphatic heterocycles. The Morgan fingerprint density at radius 2 is 2.09 bits per heavy atom. The van der Waals surface area contributed by atoms with Gasteiger partial charge in [0, 0.05) is 6.07 Å². The third kappa shape index (κ3) is 17.6. The lowest BCUT2D eigenvalue weighted by atomic mass is 10.7. The summed E-state index contributed by atoms with van der Waals surface area (Å²) in [6.45, 7) is 0. The molecule has 1 aromatic rings. The SMILES string of the molecule is O=S(=O)([O-])O.c1cnc[nH+]c1. The van der Waals surface area contributed by atoms with Crippen LogP contribution in [0.4, 0.5) is 0 Å². The molecule has 0 unspecified atom stereocenters. The second kappa shape index (κ2) is 4.72. The van der Waals surface area contributed by atoms with Gasteiger partial charge in [0.15, 0.2) is 0 Å². The Kier molecular flexibility index (Phi) is 4.27. The summed E-state index contributed by atoms with van der Waals surface area (Å²) in [5.74, 6) is 0. The van der Waals surface area contributed by atoms with Crippen LogP contribution in [-0.4, -0.2) is 22.5 Å². The van der Waals surface area contributed by atoms with E-state index < -0.39 is 10.4 Å². The maximum absolute atomic E-state index is 8.63. The lowest BCUT2D eigenvalue weighted by Gasteiger charge is -1.88. The number of aromatic amines is 1. The van der Waals surface area contributed by atoms with Crippen molar-refractivity contribution < 1.29 is 22.5 Å². The van der Waals surface area contributed by atoms with Crippen LogP contribution >= 0.6 is 0 Å². The third-order valence-electron chi connectivity index (χ3n) is 0.514. The van der Waals surface area contributed by atoms with Crippen LogP contribution in [0.15, 0.2) is 24.8 Å². The summed E-state index contributed by atoms with van der Waals surface area (Å²) in [5.41, 5.74) is 0. The van der Waals surface area contributed by atoms with Crippen molar-refractivity contribution in [2.75, 3.05) is 0 Å². The van der Waals surface area contributed by atoms with E-state index >= 15 is 0 Å². The normalized spacial score (nSPS) is 9.64. The van der Waals surface area contributed by atoms with Crippen LogP contribution in [0.1, 0.15) is 0 Å². The first kappa shape index (κ1) is 9.95. The van der Waals surface area contributed by atoms with Crippen LogP contribution < -0.4 is 4.98 Å². The highest BCUT2D eigenvalue weighted by Gasteiger charge is 1.69. The lowest BCUT2D eigenvalue weighted by Crippen LogP contribution is -1.96. The lowest BCUT2D eigenvalue weighted by molar-refractivity contribution is -0.382. The first-order chi connectivity index (χ1) is 5.00. The fourth-order valence-electron chi connectivity index (χ4n) is 0.277. The van der Waals surface area contributed by atoms with Crippen molar-refractivity contribution in [3.8, 4) is 0 Å². The molecule has 1 heterocycles. The van der Waals surface area contributed by atoms with Crippen molar-refractivity contribution in [3.05, 3.63) is 24.8 Å². The van der Waals surface area contributed by atoms with Gasteiger partial charge >= 0.3 is 0 Å². The largest absolute Gasteiger partial charge is 0.726 e. The molecule has 7 heteroatoms. The van der Waals surface area contributed by atoms with Crippen molar-refractivity contribution in [1.82, 2.24) is 4.98 Å². The predicted molar refractivity (Wildman–Crippen MR) is 33.1 cm³/mol. The van der Waals surface area contributed by atoms with Crippen molar-refractivity contribution in [3.63, 3.8) is 0 Å². The first-order valence-corrected chi connectivity index (χ1v) is 3.81. The van der Waals surface area contributed by atoms with Crippen molar-refractivity contribution in [1.29, 1.82) is 0 Å². The second-order valence-corrected chi connectivity index (χ2v) is 2.24. The quantitative estimate of drug-likeness (QED) is 0.401. The van der Waals surface area contributed by atoms with Crippen LogP contribution in [0, 0.1) is 0 Å². The van der Waals surface area contributed by atoms with Gasteiger partial charge < -0.3 is 4.55 Å². The van der Waals surface area contributed by atoms with Gasteiger partial charge in [-0.15, -0.1) is 0 Å². The Morgan fingerprint density at radius 3 is 2.18 bits per heavy atom. The zero-order valence-corrected chi connectivity index (χ0v) is 6.15. The number of nitrogens with one attached hydrogen (secondary N) is 1. The average molecular weight is 178 g/mol. The number of nitrogens with zero attached hydrogens (tertiary/aromatic N) is 1. The van der Waals surface area contributed by atoms with E-state index in [2.05, 4.69) is 9.97 Å². The molecular weight excluding hydrogens is 172 g/mol. The van der Waals surface area contributed by atoms with Crippen LogP contribution in [0.3, 0.4) is 0 Å². The van der Waals surface area contributed by atoms with E-state index in [4.69, 9.17) is 17.5 Å². The minimum atomic E-state index is -4.92. The second-order valence-electron chi connectivity index (χ2n) is 1.38. The van der Waals surface area contributed by atoms with Gasteiger partial charge in [-0.25, -0.2) is 8.42 Å². The van der Waals surface area contributed by atoms with Crippen molar-refractivity contribution in [2.45, 2.75) is 0 Å². The molecular formula is C4H6N2O4S. The molecule has 0 saturated heterocycles. The van der Waals surface area contributed by atoms with Gasteiger partial charge in [-0.1, -0.05) is 4.98 Å². The molecule has 0 saturated carbocycles. The number of hydrogen-bond acceptors (Lipinski definition) is 4. The molecule has 0 amide bonds. The number of aromatic nitrogens is 2. The molecule has 1 aromatic heterocycles. The zero-order valence-electron chi connectivity index (χ0n) is 5.34. The fourth-order valence-corrected chi connectivity index (χ4v) is 0.277. The molecule has 0 fully saturated rings. The Balaban J connectivity index is 0.000000187. The van der Waals surface area contributed by atoms with Crippen LogP contribution in [0.25, 0.3) is 0 Å². The van der Waals surface area contributed by atoms with Crippen LogP contribution in [0.2, 0.25) is 0 Å². The van der Waals surface area contributed by atoms with E-state index in [9.17, 15) is 0 Å². The first-order valence-electron chi connectivity index (χ1n) is 2.44. The van der Waals surface area contributed by atoms with Gasteiger partial charge in [0.25, 0.3) is 6.33 Å².